The summed E-state index contributed by atoms with van der Waals surface area (Å²) in [7, 11) is 1.58. The molecule has 0 unspecified atom stereocenters. The number of thiophene rings is 2. The second-order valence-corrected chi connectivity index (χ2v) is 6.41. The van der Waals surface area contributed by atoms with Gasteiger partial charge in [0.05, 0.1) is 18.8 Å². The number of anilines is 1. The van der Waals surface area contributed by atoms with Crippen LogP contribution in [0.25, 0.3) is 0 Å². The number of benzene rings is 1. The molecule has 0 aliphatic carbocycles. The molecule has 0 saturated heterocycles. The van der Waals surface area contributed by atoms with E-state index in [1.807, 2.05) is 22.9 Å². The van der Waals surface area contributed by atoms with Gasteiger partial charge in [0.15, 0.2) is 0 Å². The van der Waals surface area contributed by atoms with Gasteiger partial charge >= 0.3 is 0 Å². The Bertz CT molecular complexity index is 661. The largest absolute Gasteiger partial charge is 0.497 e. The van der Waals surface area contributed by atoms with Crippen molar-refractivity contribution in [3.05, 3.63) is 68.8 Å². The molecule has 0 saturated carbocycles. The van der Waals surface area contributed by atoms with E-state index in [2.05, 4.69) is 17.4 Å². The highest BCUT2D eigenvalue weighted by Crippen LogP contribution is 2.34. The summed E-state index contributed by atoms with van der Waals surface area (Å²) in [5, 5.41) is 7.35. The van der Waals surface area contributed by atoms with Crippen molar-refractivity contribution in [2.75, 3.05) is 12.4 Å². The van der Waals surface area contributed by atoms with Gasteiger partial charge in [-0.2, -0.15) is 0 Å². The number of nitrogens with one attached hydrogen (secondary N) is 1. The van der Waals surface area contributed by atoms with E-state index in [-0.39, 0.29) is 11.9 Å². The zero-order chi connectivity index (χ0) is 14.7. The van der Waals surface area contributed by atoms with Crippen LogP contribution in [-0.4, -0.2) is 7.11 Å². The van der Waals surface area contributed by atoms with Gasteiger partial charge in [0.1, 0.15) is 11.6 Å². The molecule has 0 amide bonds. The van der Waals surface area contributed by atoms with E-state index in [1.54, 1.807) is 41.9 Å². The minimum Gasteiger partial charge on any atom is -0.497 e. The summed E-state index contributed by atoms with van der Waals surface area (Å²) in [6.45, 7) is 0. The maximum absolute atomic E-state index is 14.0. The third-order valence-corrected chi connectivity index (χ3v) is 5.00. The van der Waals surface area contributed by atoms with Gasteiger partial charge in [0, 0.05) is 15.8 Å². The van der Waals surface area contributed by atoms with Crippen molar-refractivity contribution in [1.82, 2.24) is 0 Å². The fourth-order valence-corrected chi connectivity index (χ4v) is 3.75. The number of ether oxygens (including phenoxy) is 1. The Kier molecular flexibility index (Phi) is 4.22. The Hall–Kier alpha value is -1.85. The number of halogens is 1. The van der Waals surface area contributed by atoms with E-state index < -0.39 is 0 Å². The molecule has 0 fully saturated rings. The molecule has 5 heteroatoms. The SMILES string of the molecule is COc1ccc(F)c(NC(c2cccs2)c2cccs2)c1. The monoisotopic (exact) mass is 319 g/mol. The Morgan fingerprint density at radius 1 is 1.05 bits per heavy atom. The minimum atomic E-state index is -0.283. The predicted molar refractivity (Wildman–Crippen MR) is 87.1 cm³/mol. The number of hydrogen-bond acceptors (Lipinski definition) is 4. The molecule has 0 radical (unpaired) electrons. The smallest absolute Gasteiger partial charge is 0.146 e. The number of rotatable bonds is 5. The van der Waals surface area contributed by atoms with Gasteiger partial charge in [-0.15, -0.1) is 22.7 Å². The summed E-state index contributed by atoms with van der Waals surface area (Å²) in [6, 6.07) is 12.8. The van der Waals surface area contributed by atoms with Crippen LogP contribution in [0.2, 0.25) is 0 Å². The van der Waals surface area contributed by atoms with Crippen molar-refractivity contribution < 1.29 is 9.13 Å². The van der Waals surface area contributed by atoms with Crippen LogP contribution in [0.5, 0.6) is 5.75 Å². The fourth-order valence-electron chi connectivity index (χ4n) is 2.09. The summed E-state index contributed by atoms with van der Waals surface area (Å²) < 4.78 is 19.2. The Balaban J connectivity index is 1.96. The molecular formula is C16H14FNOS2. The van der Waals surface area contributed by atoms with Gasteiger partial charge in [-0.25, -0.2) is 4.39 Å². The van der Waals surface area contributed by atoms with Crippen molar-refractivity contribution in [2.45, 2.75) is 6.04 Å². The van der Waals surface area contributed by atoms with Crippen molar-refractivity contribution >= 4 is 28.4 Å². The first-order valence-corrected chi connectivity index (χ1v) is 8.21. The van der Waals surface area contributed by atoms with Crippen LogP contribution >= 0.6 is 22.7 Å². The van der Waals surface area contributed by atoms with E-state index in [0.29, 0.717) is 11.4 Å². The molecule has 108 valence electrons. The van der Waals surface area contributed by atoms with Crippen molar-refractivity contribution in [2.24, 2.45) is 0 Å². The highest BCUT2D eigenvalue weighted by Gasteiger charge is 2.18. The van der Waals surface area contributed by atoms with Crippen LogP contribution < -0.4 is 10.1 Å². The van der Waals surface area contributed by atoms with Crippen molar-refractivity contribution in [3.63, 3.8) is 0 Å². The zero-order valence-electron chi connectivity index (χ0n) is 11.4. The molecule has 0 bridgehead atoms. The lowest BCUT2D eigenvalue weighted by Gasteiger charge is -2.18. The zero-order valence-corrected chi connectivity index (χ0v) is 13.0. The van der Waals surface area contributed by atoms with Crippen LogP contribution in [0, 0.1) is 5.82 Å². The van der Waals surface area contributed by atoms with Gasteiger partial charge in [-0.1, -0.05) is 12.1 Å². The first kappa shape index (κ1) is 14.1. The number of methoxy groups -OCH3 is 1. The van der Waals surface area contributed by atoms with Gasteiger partial charge in [-0.3, -0.25) is 0 Å². The second kappa shape index (κ2) is 6.28. The second-order valence-electron chi connectivity index (χ2n) is 4.45. The van der Waals surface area contributed by atoms with Gasteiger partial charge in [-0.05, 0) is 35.0 Å². The molecule has 0 aliphatic rings. The lowest BCUT2D eigenvalue weighted by molar-refractivity contribution is 0.414. The summed E-state index contributed by atoms with van der Waals surface area (Å²) >= 11 is 3.31. The van der Waals surface area contributed by atoms with Gasteiger partial charge < -0.3 is 10.1 Å². The molecule has 0 spiro atoms. The molecule has 1 N–H and O–H groups in total. The van der Waals surface area contributed by atoms with Crippen molar-refractivity contribution in [1.29, 1.82) is 0 Å². The topological polar surface area (TPSA) is 21.3 Å². The molecule has 2 heterocycles. The average molecular weight is 319 g/mol. The summed E-state index contributed by atoms with van der Waals surface area (Å²) in [4.78, 5) is 2.30. The predicted octanol–water partition coefficient (Wildman–Crippen LogP) is 5.16. The maximum atomic E-state index is 14.0. The Morgan fingerprint density at radius 2 is 1.71 bits per heavy atom. The molecule has 2 aromatic heterocycles. The Labute approximate surface area is 130 Å². The van der Waals surface area contributed by atoms with E-state index >= 15 is 0 Å². The minimum absolute atomic E-state index is 0.0494. The normalized spacial score (nSPS) is 10.8. The molecular weight excluding hydrogens is 305 g/mol. The molecule has 2 nitrogen and oxygen atoms in total. The summed E-state index contributed by atoms with van der Waals surface area (Å²) in [5.41, 5.74) is 0.446. The van der Waals surface area contributed by atoms with Crippen LogP contribution in [0.3, 0.4) is 0 Å². The van der Waals surface area contributed by atoms with Crippen molar-refractivity contribution in [3.8, 4) is 5.75 Å². The highest BCUT2D eigenvalue weighted by molar-refractivity contribution is 7.11. The molecule has 1 aromatic carbocycles. The van der Waals surface area contributed by atoms with Crippen LogP contribution in [-0.2, 0) is 0 Å². The third-order valence-electron chi connectivity index (χ3n) is 3.13. The van der Waals surface area contributed by atoms with E-state index in [9.17, 15) is 4.39 Å². The van der Waals surface area contributed by atoms with Crippen LogP contribution in [0.4, 0.5) is 10.1 Å². The Morgan fingerprint density at radius 3 is 2.24 bits per heavy atom. The first-order chi connectivity index (χ1) is 10.3. The molecule has 0 aliphatic heterocycles. The van der Waals surface area contributed by atoms with E-state index in [1.165, 1.54) is 6.07 Å². The first-order valence-electron chi connectivity index (χ1n) is 6.45. The molecule has 3 rings (SSSR count). The maximum Gasteiger partial charge on any atom is 0.146 e. The number of hydrogen-bond donors (Lipinski definition) is 1. The lowest BCUT2D eigenvalue weighted by Crippen LogP contribution is -2.10. The lowest BCUT2D eigenvalue weighted by atomic mass is 10.1. The fraction of sp³-hybridized carbons (Fsp3) is 0.125. The summed E-state index contributed by atoms with van der Waals surface area (Å²) in [5.74, 6) is 0.351. The summed E-state index contributed by atoms with van der Waals surface area (Å²) in [6.07, 6.45) is 0. The average Bonchev–Trinajstić information content (AvgIpc) is 3.20. The van der Waals surface area contributed by atoms with E-state index in [0.717, 1.165) is 9.75 Å². The van der Waals surface area contributed by atoms with Crippen LogP contribution in [0.15, 0.2) is 53.2 Å². The molecule has 0 atom stereocenters. The third kappa shape index (κ3) is 3.09. The van der Waals surface area contributed by atoms with Gasteiger partial charge in [0.25, 0.3) is 0 Å². The van der Waals surface area contributed by atoms with E-state index in [4.69, 9.17) is 4.74 Å². The standard InChI is InChI=1S/C16H14FNOS2/c1-19-11-6-7-12(17)13(10-11)18-16(14-4-2-8-20-14)15-5-3-9-21-15/h2-10,16,18H,1H3. The molecule has 21 heavy (non-hydrogen) atoms. The highest BCUT2D eigenvalue weighted by atomic mass is 32.1. The quantitative estimate of drug-likeness (QED) is 0.701. The molecule has 3 aromatic rings. The van der Waals surface area contributed by atoms with Gasteiger partial charge in [0.2, 0.25) is 0 Å². The van der Waals surface area contributed by atoms with Crippen LogP contribution in [0.1, 0.15) is 15.8 Å².